The molecule has 0 saturated heterocycles. The van der Waals surface area contributed by atoms with Crippen molar-refractivity contribution in [3.63, 3.8) is 0 Å². The molecule has 0 heterocycles. The lowest BCUT2D eigenvalue weighted by Crippen LogP contribution is -2.48. The van der Waals surface area contributed by atoms with Gasteiger partial charge in [-0.25, -0.2) is 10.6 Å². The number of aliphatic carboxylic acids is 1. The number of thiocarbonyl (C=S) groups is 1. The van der Waals surface area contributed by atoms with Crippen molar-refractivity contribution in [3.05, 3.63) is 0 Å². The fraction of sp³-hybridized carbons (Fsp3) is 0.500. The van der Waals surface area contributed by atoms with Gasteiger partial charge in [-0.2, -0.15) is 0 Å². The molecule has 0 amide bonds. The molecular weight excluding hydrogens is 194 g/mol. The van der Waals surface area contributed by atoms with E-state index in [0.717, 1.165) is 0 Å². The number of hydrogen-bond acceptors (Lipinski definition) is 4. The summed E-state index contributed by atoms with van der Waals surface area (Å²) in [4.78, 5) is 21.2. The number of hydrazine groups is 1. The van der Waals surface area contributed by atoms with Crippen LogP contribution in [0.15, 0.2) is 0 Å². The van der Waals surface area contributed by atoms with E-state index in [1.807, 2.05) is 0 Å². The number of carbonyl (C=O) groups excluding carboxylic acids is 1. The summed E-state index contributed by atoms with van der Waals surface area (Å²) in [7, 11) is 0. The number of nitrogens with two attached hydrogens (primary N) is 1. The van der Waals surface area contributed by atoms with Gasteiger partial charge in [0.05, 0.1) is 0 Å². The van der Waals surface area contributed by atoms with Crippen molar-refractivity contribution in [2.45, 2.75) is 19.4 Å². The molecule has 0 aromatic carbocycles. The molecule has 1 unspecified atom stereocenters. The van der Waals surface area contributed by atoms with E-state index in [1.165, 1.54) is 6.92 Å². The molecule has 13 heavy (non-hydrogen) atoms. The van der Waals surface area contributed by atoms with Crippen molar-refractivity contribution in [2.24, 2.45) is 5.84 Å². The minimum atomic E-state index is -1.15. The zero-order valence-corrected chi connectivity index (χ0v) is 7.85. The van der Waals surface area contributed by atoms with Crippen LogP contribution in [-0.4, -0.2) is 28.0 Å². The molecule has 0 aromatic rings. The molecule has 0 saturated carbocycles. The predicted octanol–water partition coefficient (Wildman–Crippen LogP) is -1.24. The highest BCUT2D eigenvalue weighted by atomic mass is 32.1. The Morgan fingerprint density at radius 1 is 1.62 bits per heavy atom. The Morgan fingerprint density at radius 3 is 2.46 bits per heavy atom. The van der Waals surface area contributed by atoms with Gasteiger partial charge >= 0.3 is 5.97 Å². The number of carboxylic acids is 1. The number of ketones is 1. The van der Waals surface area contributed by atoms with Crippen LogP contribution in [-0.2, 0) is 9.59 Å². The average Bonchev–Trinajstić information content (AvgIpc) is 2.02. The van der Waals surface area contributed by atoms with Crippen LogP contribution in [0.4, 0.5) is 0 Å². The van der Waals surface area contributed by atoms with E-state index in [9.17, 15) is 9.59 Å². The van der Waals surface area contributed by atoms with Gasteiger partial charge in [-0.15, -0.1) is 0 Å². The Bertz CT molecular complexity index is 231. The minimum absolute atomic E-state index is 0.00588. The topological polar surface area (TPSA) is 104 Å². The van der Waals surface area contributed by atoms with Gasteiger partial charge in [0.25, 0.3) is 0 Å². The smallest absolute Gasteiger partial charge is 0.326 e. The molecule has 0 aliphatic heterocycles. The maximum atomic E-state index is 10.6. The number of Topliss-reactive ketones (excluding diaryl/α,β-unsaturated/α-hetero) is 1. The van der Waals surface area contributed by atoms with Gasteiger partial charge in [-0.3, -0.25) is 4.79 Å². The first-order valence-electron chi connectivity index (χ1n) is 3.46. The van der Waals surface area contributed by atoms with Crippen molar-refractivity contribution in [3.8, 4) is 0 Å². The zero-order chi connectivity index (χ0) is 10.4. The molecule has 0 aromatic heterocycles. The standard InChI is InChI=1S/C6H11N3O3S/c1-3(10)2-4(5(11)12)8-6(13)9-7/h4H,2,7H2,1H3,(H,11,12)(H2,8,9,13). The number of carboxylic acid groups (broad SMARTS) is 1. The first-order chi connectivity index (χ1) is 5.97. The molecule has 7 heteroatoms. The van der Waals surface area contributed by atoms with E-state index in [4.69, 9.17) is 10.9 Å². The maximum Gasteiger partial charge on any atom is 0.326 e. The maximum absolute atomic E-state index is 10.6. The molecule has 6 nitrogen and oxygen atoms in total. The van der Waals surface area contributed by atoms with E-state index in [2.05, 4.69) is 23.0 Å². The van der Waals surface area contributed by atoms with Crippen molar-refractivity contribution in [1.82, 2.24) is 10.7 Å². The summed E-state index contributed by atoms with van der Waals surface area (Å²) in [5, 5.41) is 11.0. The first-order valence-corrected chi connectivity index (χ1v) is 3.87. The van der Waals surface area contributed by atoms with Gasteiger partial charge < -0.3 is 15.8 Å². The third kappa shape index (κ3) is 5.10. The molecule has 74 valence electrons. The molecule has 1 atom stereocenters. The predicted molar refractivity (Wildman–Crippen MR) is 49.8 cm³/mol. The summed E-state index contributed by atoms with van der Waals surface area (Å²) in [6.07, 6.45) is -0.128. The Morgan fingerprint density at radius 2 is 2.15 bits per heavy atom. The van der Waals surface area contributed by atoms with Gasteiger partial charge in [-0.1, -0.05) is 0 Å². The first kappa shape index (κ1) is 11.8. The lowest BCUT2D eigenvalue weighted by atomic mass is 10.1. The van der Waals surface area contributed by atoms with Crippen molar-refractivity contribution < 1.29 is 14.7 Å². The SMILES string of the molecule is CC(=O)CC(NC(=S)NN)C(=O)O. The third-order valence-electron chi connectivity index (χ3n) is 1.23. The zero-order valence-electron chi connectivity index (χ0n) is 7.03. The highest BCUT2D eigenvalue weighted by molar-refractivity contribution is 7.80. The summed E-state index contributed by atoms with van der Waals surface area (Å²) in [6.45, 7) is 1.30. The molecule has 0 rings (SSSR count). The lowest BCUT2D eigenvalue weighted by molar-refractivity contribution is -0.140. The van der Waals surface area contributed by atoms with Crippen LogP contribution in [0, 0.1) is 0 Å². The molecule has 0 spiro atoms. The van der Waals surface area contributed by atoms with E-state index in [1.54, 1.807) is 0 Å². The van der Waals surface area contributed by atoms with Gasteiger partial charge in [0, 0.05) is 6.42 Å². The van der Waals surface area contributed by atoms with Gasteiger partial charge in [-0.05, 0) is 19.1 Å². The second kappa shape index (κ2) is 5.44. The third-order valence-corrected chi connectivity index (χ3v) is 1.46. The Hall–Kier alpha value is -1.21. The second-order valence-electron chi connectivity index (χ2n) is 2.41. The van der Waals surface area contributed by atoms with Crippen LogP contribution in [0.2, 0.25) is 0 Å². The fourth-order valence-corrected chi connectivity index (χ4v) is 0.830. The summed E-state index contributed by atoms with van der Waals surface area (Å²) in [5.74, 6) is 3.54. The van der Waals surface area contributed by atoms with Crippen LogP contribution < -0.4 is 16.6 Å². The van der Waals surface area contributed by atoms with E-state index in [-0.39, 0.29) is 17.3 Å². The number of hydrogen-bond donors (Lipinski definition) is 4. The summed E-state index contributed by atoms with van der Waals surface area (Å²) in [6, 6.07) is -1.03. The van der Waals surface area contributed by atoms with Crippen molar-refractivity contribution >= 4 is 29.1 Å². The van der Waals surface area contributed by atoms with E-state index in [0.29, 0.717) is 0 Å². The van der Waals surface area contributed by atoms with Crippen molar-refractivity contribution in [2.75, 3.05) is 0 Å². The van der Waals surface area contributed by atoms with Crippen LogP contribution in [0.25, 0.3) is 0 Å². The average molecular weight is 205 g/mol. The molecular formula is C6H11N3O3S. The van der Waals surface area contributed by atoms with Crippen LogP contribution in [0.3, 0.4) is 0 Å². The van der Waals surface area contributed by atoms with Gasteiger partial charge in [0.1, 0.15) is 11.8 Å². The molecule has 0 aliphatic rings. The van der Waals surface area contributed by atoms with Gasteiger partial charge in [0.15, 0.2) is 5.11 Å². The second-order valence-corrected chi connectivity index (χ2v) is 2.82. The molecule has 0 radical (unpaired) electrons. The highest BCUT2D eigenvalue weighted by Crippen LogP contribution is 1.93. The normalized spacial score (nSPS) is 11.5. The summed E-state index contributed by atoms with van der Waals surface area (Å²) < 4.78 is 0. The number of rotatable bonds is 4. The monoisotopic (exact) mass is 205 g/mol. The number of nitrogens with one attached hydrogen (secondary N) is 2. The minimum Gasteiger partial charge on any atom is -0.480 e. The van der Waals surface area contributed by atoms with Crippen molar-refractivity contribution in [1.29, 1.82) is 0 Å². The van der Waals surface area contributed by atoms with Gasteiger partial charge in [0.2, 0.25) is 0 Å². The molecule has 0 aliphatic carbocycles. The molecule has 0 fully saturated rings. The number of carbonyl (C=O) groups is 2. The Kier molecular flexibility index (Phi) is 4.93. The Balaban J connectivity index is 4.18. The Labute approximate surface area is 80.4 Å². The summed E-state index contributed by atoms with van der Waals surface area (Å²) >= 11 is 4.58. The molecule has 0 bridgehead atoms. The van der Waals surface area contributed by atoms with Crippen LogP contribution >= 0.6 is 12.2 Å². The van der Waals surface area contributed by atoms with Crippen LogP contribution in [0.1, 0.15) is 13.3 Å². The quantitative estimate of drug-likeness (QED) is 0.258. The fourth-order valence-electron chi connectivity index (χ4n) is 0.687. The molecule has 5 N–H and O–H groups in total. The van der Waals surface area contributed by atoms with Crippen LogP contribution in [0.5, 0.6) is 0 Å². The summed E-state index contributed by atoms with van der Waals surface area (Å²) in [5.41, 5.74) is 2.07. The largest absolute Gasteiger partial charge is 0.480 e. The lowest BCUT2D eigenvalue weighted by Gasteiger charge is -2.13. The highest BCUT2D eigenvalue weighted by Gasteiger charge is 2.19. The van der Waals surface area contributed by atoms with E-state index >= 15 is 0 Å². The van der Waals surface area contributed by atoms with E-state index < -0.39 is 12.0 Å².